The van der Waals surface area contributed by atoms with Crippen LogP contribution >= 0.6 is 0 Å². The summed E-state index contributed by atoms with van der Waals surface area (Å²) in [4.78, 5) is 0.252. The Balaban J connectivity index is 2.05. The molecule has 2 aromatic carbocycles. The predicted molar refractivity (Wildman–Crippen MR) is 106 cm³/mol. The Bertz CT molecular complexity index is 1170. The number of rotatable bonds is 3. The highest BCUT2D eigenvalue weighted by Gasteiger charge is 2.30. The van der Waals surface area contributed by atoms with E-state index in [0.717, 1.165) is 23.1 Å². The van der Waals surface area contributed by atoms with Gasteiger partial charge in [-0.15, -0.1) is 5.10 Å². The highest BCUT2D eigenvalue weighted by atomic mass is 32.2. The number of hydrogen-bond acceptors (Lipinski definition) is 4. The van der Waals surface area contributed by atoms with Crippen LogP contribution in [0.1, 0.15) is 24.1 Å². The lowest BCUT2D eigenvalue weighted by Crippen LogP contribution is -2.23. The summed E-state index contributed by atoms with van der Waals surface area (Å²) in [6.07, 6.45) is 2.09. The minimum atomic E-state index is -3.74. The molecule has 138 valence electrons. The Labute approximate surface area is 157 Å². The molecule has 0 unspecified atom stereocenters. The standard InChI is InChI=1S/C19H19N5O2S/c20-19(21)23-22-15-10-6-12-17-18(15)14-9-4-5-11-16(14)24(17)27(25,26)13-7-2-1-3-8-13/h1-5,7-9,11H,6,10,12H2,(H4,20,21,23)/b22-15-. The highest BCUT2D eigenvalue weighted by Crippen LogP contribution is 2.35. The van der Waals surface area contributed by atoms with Gasteiger partial charge in [0.15, 0.2) is 0 Å². The van der Waals surface area contributed by atoms with Crippen molar-refractivity contribution >= 4 is 32.6 Å². The van der Waals surface area contributed by atoms with Crippen LogP contribution in [0.3, 0.4) is 0 Å². The zero-order chi connectivity index (χ0) is 19.0. The molecule has 27 heavy (non-hydrogen) atoms. The zero-order valence-corrected chi connectivity index (χ0v) is 15.4. The first-order valence-corrected chi connectivity index (χ1v) is 10.0. The molecular weight excluding hydrogens is 362 g/mol. The molecule has 0 saturated heterocycles. The molecule has 0 aliphatic heterocycles. The first-order chi connectivity index (χ1) is 13.0. The second-order valence-corrected chi connectivity index (χ2v) is 8.13. The Morgan fingerprint density at radius 3 is 2.41 bits per heavy atom. The Kier molecular flexibility index (Phi) is 4.19. The molecule has 0 spiro atoms. The molecule has 3 aromatic rings. The Morgan fingerprint density at radius 2 is 1.67 bits per heavy atom. The maximum absolute atomic E-state index is 13.4. The van der Waals surface area contributed by atoms with Crippen molar-refractivity contribution < 1.29 is 8.42 Å². The van der Waals surface area contributed by atoms with E-state index in [0.29, 0.717) is 24.1 Å². The van der Waals surface area contributed by atoms with Gasteiger partial charge in [0, 0.05) is 16.6 Å². The fourth-order valence-electron chi connectivity index (χ4n) is 3.55. The molecule has 0 amide bonds. The van der Waals surface area contributed by atoms with Gasteiger partial charge in [0.05, 0.1) is 16.1 Å². The van der Waals surface area contributed by atoms with Crippen molar-refractivity contribution in [3.63, 3.8) is 0 Å². The second-order valence-electron chi connectivity index (χ2n) is 6.35. The van der Waals surface area contributed by atoms with Gasteiger partial charge in [0.25, 0.3) is 10.0 Å². The van der Waals surface area contributed by atoms with Crippen LogP contribution in [0.15, 0.2) is 69.7 Å². The van der Waals surface area contributed by atoms with Crippen LogP contribution in [0.2, 0.25) is 0 Å². The van der Waals surface area contributed by atoms with E-state index < -0.39 is 10.0 Å². The minimum Gasteiger partial charge on any atom is -0.369 e. The lowest BCUT2D eigenvalue weighted by atomic mass is 9.94. The van der Waals surface area contributed by atoms with Crippen molar-refractivity contribution in [3.05, 3.63) is 65.9 Å². The van der Waals surface area contributed by atoms with Crippen LogP contribution in [-0.2, 0) is 16.4 Å². The summed E-state index contributed by atoms with van der Waals surface area (Å²) in [6.45, 7) is 0. The van der Waals surface area contributed by atoms with Crippen molar-refractivity contribution in [1.29, 1.82) is 0 Å². The molecule has 0 bridgehead atoms. The van der Waals surface area contributed by atoms with Crippen molar-refractivity contribution in [3.8, 4) is 0 Å². The van der Waals surface area contributed by atoms with Crippen LogP contribution in [0, 0.1) is 0 Å². The molecule has 4 N–H and O–H groups in total. The number of nitrogens with zero attached hydrogens (tertiary/aromatic N) is 3. The lowest BCUT2D eigenvalue weighted by Gasteiger charge is -2.17. The minimum absolute atomic E-state index is 0.129. The van der Waals surface area contributed by atoms with E-state index in [1.54, 1.807) is 30.3 Å². The number of nitrogens with two attached hydrogens (primary N) is 2. The summed E-state index contributed by atoms with van der Waals surface area (Å²) in [6, 6.07) is 15.9. The molecule has 7 nitrogen and oxygen atoms in total. The average molecular weight is 381 g/mol. The van der Waals surface area contributed by atoms with Gasteiger partial charge in [-0.1, -0.05) is 36.4 Å². The van der Waals surface area contributed by atoms with Gasteiger partial charge in [-0.05, 0) is 37.5 Å². The van der Waals surface area contributed by atoms with Gasteiger partial charge in [-0.25, -0.2) is 12.4 Å². The number of guanidine groups is 1. The van der Waals surface area contributed by atoms with E-state index >= 15 is 0 Å². The Morgan fingerprint density at radius 1 is 0.963 bits per heavy atom. The molecule has 4 rings (SSSR count). The molecule has 1 aromatic heterocycles. The van der Waals surface area contributed by atoms with E-state index in [1.807, 2.05) is 24.3 Å². The first kappa shape index (κ1) is 17.3. The van der Waals surface area contributed by atoms with Gasteiger partial charge in [-0.3, -0.25) is 0 Å². The van der Waals surface area contributed by atoms with Gasteiger partial charge in [0.1, 0.15) is 0 Å². The molecule has 8 heteroatoms. The average Bonchev–Trinajstić information content (AvgIpc) is 3.02. The summed E-state index contributed by atoms with van der Waals surface area (Å²) in [7, 11) is -3.74. The molecule has 1 aliphatic rings. The van der Waals surface area contributed by atoms with E-state index in [4.69, 9.17) is 11.5 Å². The van der Waals surface area contributed by atoms with Crippen molar-refractivity contribution in [2.75, 3.05) is 0 Å². The molecule has 0 radical (unpaired) electrons. The summed E-state index contributed by atoms with van der Waals surface area (Å²) in [5, 5.41) is 8.80. The van der Waals surface area contributed by atoms with Crippen LogP contribution in [0.25, 0.3) is 10.9 Å². The molecule has 1 heterocycles. The number of para-hydroxylation sites is 1. The third-order valence-corrected chi connectivity index (χ3v) is 6.37. The van der Waals surface area contributed by atoms with E-state index in [2.05, 4.69) is 10.2 Å². The summed E-state index contributed by atoms with van der Waals surface area (Å²) >= 11 is 0. The molecule has 0 fully saturated rings. The molecule has 0 atom stereocenters. The number of hydrogen-bond donors (Lipinski definition) is 2. The normalized spacial score (nSPS) is 15.6. The largest absolute Gasteiger partial charge is 0.369 e. The van der Waals surface area contributed by atoms with Crippen LogP contribution in [0.4, 0.5) is 0 Å². The molecule has 0 saturated carbocycles. The van der Waals surface area contributed by atoms with Gasteiger partial charge < -0.3 is 11.5 Å². The highest BCUT2D eigenvalue weighted by molar-refractivity contribution is 7.90. The first-order valence-electron chi connectivity index (χ1n) is 8.59. The van der Waals surface area contributed by atoms with E-state index in [1.165, 1.54) is 3.97 Å². The van der Waals surface area contributed by atoms with E-state index in [9.17, 15) is 8.42 Å². The third kappa shape index (κ3) is 2.87. The number of fused-ring (bicyclic) bond motifs is 3. The smallest absolute Gasteiger partial charge is 0.268 e. The van der Waals surface area contributed by atoms with Crippen LogP contribution in [0.5, 0.6) is 0 Å². The fraction of sp³-hybridized carbons (Fsp3) is 0.158. The monoisotopic (exact) mass is 381 g/mol. The van der Waals surface area contributed by atoms with Crippen LogP contribution in [-0.4, -0.2) is 24.1 Å². The summed E-state index contributed by atoms with van der Waals surface area (Å²) < 4.78 is 28.3. The zero-order valence-electron chi connectivity index (χ0n) is 14.5. The van der Waals surface area contributed by atoms with Crippen molar-refractivity contribution in [2.24, 2.45) is 21.7 Å². The molecule has 1 aliphatic carbocycles. The second kappa shape index (κ2) is 6.55. The maximum Gasteiger partial charge on any atom is 0.268 e. The fourth-order valence-corrected chi connectivity index (χ4v) is 5.15. The quantitative estimate of drug-likeness (QED) is 0.411. The number of benzene rings is 2. The van der Waals surface area contributed by atoms with Crippen molar-refractivity contribution in [2.45, 2.75) is 24.2 Å². The molecular formula is C19H19N5O2S. The topological polar surface area (TPSA) is 116 Å². The third-order valence-electron chi connectivity index (χ3n) is 4.61. The SMILES string of the molecule is NC(N)=N/N=C1/CCCc2c1c1ccccc1n2S(=O)(=O)c1ccccc1. The van der Waals surface area contributed by atoms with Gasteiger partial charge in [0.2, 0.25) is 5.96 Å². The maximum atomic E-state index is 13.4. The lowest BCUT2D eigenvalue weighted by molar-refractivity contribution is 0.586. The number of aromatic nitrogens is 1. The Hall–Kier alpha value is -3.13. The van der Waals surface area contributed by atoms with Crippen LogP contribution < -0.4 is 11.5 Å². The van der Waals surface area contributed by atoms with Gasteiger partial charge in [-0.2, -0.15) is 5.10 Å². The van der Waals surface area contributed by atoms with Gasteiger partial charge >= 0.3 is 0 Å². The predicted octanol–water partition coefficient (Wildman–Crippen LogP) is 2.19. The van der Waals surface area contributed by atoms with Crippen molar-refractivity contribution in [1.82, 2.24) is 3.97 Å². The summed E-state index contributed by atoms with van der Waals surface area (Å²) in [5.74, 6) is -0.129. The summed E-state index contributed by atoms with van der Waals surface area (Å²) in [5.41, 5.74) is 13.7. The van der Waals surface area contributed by atoms with E-state index in [-0.39, 0.29) is 10.9 Å².